The summed E-state index contributed by atoms with van der Waals surface area (Å²) in [6.07, 6.45) is 2.50. The van der Waals surface area contributed by atoms with Crippen molar-refractivity contribution in [3.05, 3.63) is 12.2 Å². The summed E-state index contributed by atoms with van der Waals surface area (Å²) in [5.41, 5.74) is -0.515. The van der Waals surface area contributed by atoms with Crippen molar-refractivity contribution < 1.29 is 57.0 Å². The van der Waals surface area contributed by atoms with Crippen molar-refractivity contribution in [2.75, 3.05) is 112 Å². The van der Waals surface area contributed by atoms with Crippen molar-refractivity contribution in [2.45, 2.75) is 26.4 Å². The number of nitrogens with zero attached hydrogens (tertiary/aromatic N) is 1. The zero-order chi connectivity index (χ0) is 28.6. The van der Waals surface area contributed by atoms with E-state index in [9.17, 15) is 14.4 Å². The van der Waals surface area contributed by atoms with Crippen LogP contribution in [0.3, 0.4) is 0 Å². The first-order chi connectivity index (χ1) is 18.8. The van der Waals surface area contributed by atoms with E-state index in [2.05, 4.69) is 0 Å². The normalized spacial score (nSPS) is 13.6. The van der Waals surface area contributed by atoms with E-state index in [4.69, 9.17) is 42.6 Å². The molecule has 0 spiro atoms. The van der Waals surface area contributed by atoms with Crippen molar-refractivity contribution >= 4 is 17.8 Å². The minimum Gasteiger partial charge on any atom is -0.458 e. The third kappa shape index (κ3) is 21.5. The third-order valence-electron chi connectivity index (χ3n) is 4.60. The van der Waals surface area contributed by atoms with Crippen LogP contribution in [0.4, 0.5) is 0 Å². The van der Waals surface area contributed by atoms with E-state index in [0.717, 1.165) is 4.90 Å². The Labute approximate surface area is 230 Å². The molecule has 0 aliphatic carbocycles. The molecule has 0 saturated carbocycles. The SMILES string of the molecule is CC(C)(C)OC(=O)COCCOCCOCCOCCOCCOCCOCCOCCN1C(=O)C=CC1=O. The van der Waals surface area contributed by atoms with Crippen LogP contribution in [0.25, 0.3) is 0 Å². The molecule has 226 valence electrons. The lowest BCUT2D eigenvalue weighted by atomic mass is 10.2. The maximum Gasteiger partial charge on any atom is 0.332 e. The van der Waals surface area contributed by atoms with Crippen LogP contribution in [0.5, 0.6) is 0 Å². The van der Waals surface area contributed by atoms with Crippen LogP contribution < -0.4 is 0 Å². The quantitative estimate of drug-likeness (QED) is 0.0817. The standard InChI is InChI=1S/C26H45NO12/c1-26(2,3)39-25(30)22-38-21-20-37-19-18-36-17-16-35-15-14-34-13-12-33-11-10-32-9-8-31-7-6-27-23(28)4-5-24(27)29/h4-5H,6-22H2,1-3H3. The highest BCUT2D eigenvalue weighted by Crippen LogP contribution is 2.06. The van der Waals surface area contributed by atoms with Gasteiger partial charge in [-0.3, -0.25) is 14.5 Å². The van der Waals surface area contributed by atoms with E-state index in [1.807, 2.05) is 0 Å². The van der Waals surface area contributed by atoms with E-state index >= 15 is 0 Å². The van der Waals surface area contributed by atoms with Crippen molar-refractivity contribution in [3.8, 4) is 0 Å². The summed E-state index contributed by atoms with van der Waals surface area (Å²) < 4.78 is 48.1. The van der Waals surface area contributed by atoms with Gasteiger partial charge in [-0.25, -0.2) is 4.79 Å². The predicted molar refractivity (Wildman–Crippen MR) is 138 cm³/mol. The van der Waals surface area contributed by atoms with Gasteiger partial charge in [-0.15, -0.1) is 0 Å². The van der Waals surface area contributed by atoms with Gasteiger partial charge in [0.1, 0.15) is 12.2 Å². The average Bonchev–Trinajstić information content (AvgIpc) is 3.19. The fourth-order valence-corrected chi connectivity index (χ4v) is 2.87. The summed E-state index contributed by atoms with van der Waals surface area (Å²) in [6.45, 7) is 11.8. The van der Waals surface area contributed by atoms with Gasteiger partial charge in [0.05, 0.1) is 106 Å². The lowest BCUT2D eigenvalue weighted by Gasteiger charge is -2.19. The molecule has 0 saturated heterocycles. The van der Waals surface area contributed by atoms with E-state index < -0.39 is 11.6 Å². The molecule has 0 aromatic carbocycles. The molecule has 0 radical (unpaired) electrons. The Balaban J connectivity index is 1.68. The molecule has 0 aromatic rings. The number of ether oxygens (including phenoxy) is 9. The number of rotatable bonds is 26. The van der Waals surface area contributed by atoms with E-state index in [1.165, 1.54) is 12.2 Å². The van der Waals surface area contributed by atoms with Gasteiger partial charge in [0.2, 0.25) is 0 Å². The van der Waals surface area contributed by atoms with Gasteiger partial charge in [0.25, 0.3) is 11.8 Å². The summed E-state index contributed by atoms with van der Waals surface area (Å²) in [6, 6.07) is 0. The molecule has 39 heavy (non-hydrogen) atoms. The Morgan fingerprint density at radius 1 is 0.564 bits per heavy atom. The lowest BCUT2D eigenvalue weighted by Crippen LogP contribution is -2.33. The molecule has 2 amide bonds. The minimum atomic E-state index is -0.515. The monoisotopic (exact) mass is 563 g/mol. The van der Waals surface area contributed by atoms with Gasteiger partial charge in [-0.2, -0.15) is 0 Å². The molecule has 0 unspecified atom stereocenters. The molecule has 1 heterocycles. The van der Waals surface area contributed by atoms with Crippen LogP contribution in [-0.4, -0.2) is 141 Å². The molecular weight excluding hydrogens is 518 g/mol. The smallest absolute Gasteiger partial charge is 0.332 e. The first-order valence-corrected chi connectivity index (χ1v) is 13.2. The molecule has 1 aliphatic rings. The molecule has 1 aliphatic heterocycles. The Morgan fingerprint density at radius 3 is 1.21 bits per heavy atom. The number of carbonyl (C=O) groups excluding carboxylic acids is 3. The zero-order valence-corrected chi connectivity index (χ0v) is 23.5. The molecule has 0 fully saturated rings. The lowest BCUT2D eigenvalue weighted by molar-refractivity contribution is -0.160. The zero-order valence-electron chi connectivity index (χ0n) is 23.5. The topological polar surface area (TPSA) is 138 Å². The van der Waals surface area contributed by atoms with Crippen molar-refractivity contribution in [1.29, 1.82) is 0 Å². The van der Waals surface area contributed by atoms with Crippen LogP contribution in [0.15, 0.2) is 12.2 Å². The second-order valence-corrected chi connectivity index (χ2v) is 9.09. The number of hydrogen-bond acceptors (Lipinski definition) is 12. The van der Waals surface area contributed by atoms with Crippen LogP contribution in [-0.2, 0) is 57.0 Å². The van der Waals surface area contributed by atoms with Crippen molar-refractivity contribution in [3.63, 3.8) is 0 Å². The molecule has 0 N–H and O–H groups in total. The molecule has 0 aromatic heterocycles. The average molecular weight is 564 g/mol. The van der Waals surface area contributed by atoms with E-state index in [-0.39, 0.29) is 31.6 Å². The Hall–Kier alpha value is -1.97. The summed E-state index contributed by atoms with van der Waals surface area (Å²) in [5, 5.41) is 0. The fraction of sp³-hybridized carbons (Fsp3) is 0.808. The van der Waals surface area contributed by atoms with E-state index in [0.29, 0.717) is 92.5 Å². The van der Waals surface area contributed by atoms with Crippen LogP contribution in [0, 0.1) is 0 Å². The minimum absolute atomic E-state index is 0.0896. The highest BCUT2D eigenvalue weighted by molar-refractivity contribution is 6.12. The Kier molecular flexibility index (Phi) is 20.5. The van der Waals surface area contributed by atoms with Crippen LogP contribution >= 0.6 is 0 Å². The second kappa shape index (κ2) is 22.8. The highest BCUT2D eigenvalue weighted by atomic mass is 16.6. The maximum atomic E-state index is 11.5. The third-order valence-corrected chi connectivity index (χ3v) is 4.60. The fourth-order valence-electron chi connectivity index (χ4n) is 2.87. The van der Waals surface area contributed by atoms with Gasteiger partial charge in [-0.1, -0.05) is 0 Å². The van der Waals surface area contributed by atoms with Crippen molar-refractivity contribution in [2.24, 2.45) is 0 Å². The molecular formula is C26H45NO12. The first-order valence-electron chi connectivity index (χ1n) is 13.2. The number of hydrogen-bond donors (Lipinski definition) is 0. The first kappa shape index (κ1) is 35.1. The van der Waals surface area contributed by atoms with Crippen molar-refractivity contribution in [1.82, 2.24) is 4.90 Å². The van der Waals surface area contributed by atoms with Gasteiger partial charge in [-0.05, 0) is 20.8 Å². The summed E-state index contributed by atoms with van der Waals surface area (Å²) >= 11 is 0. The number of esters is 1. The van der Waals surface area contributed by atoms with Crippen LogP contribution in [0.2, 0.25) is 0 Å². The van der Waals surface area contributed by atoms with E-state index in [1.54, 1.807) is 20.8 Å². The Bertz CT molecular complexity index is 677. The van der Waals surface area contributed by atoms with Gasteiger partial charge in [0, 0.05) is 12.2 Å². The highest BCUT2D eigenvalue weighted by Gasteiger charge is 2.22. The molecule has 13 heteroatoms. The second-order valence-electron chi connectivity index (χ2n) is 9.09. The van der Waals surface area contributed by atoms with Gasteiger partial charge < -0.3 is 42.6 Å². The predicted octanol–water partition coefficient (Wildman–Crippen LogP) is 0.386. The largest absolute Gasteiger partial charge is 0.458 e. The molecule has 0 bridgehead atoms. The number of imide groups is 1. The Morgan fingerprint density at radius 2 is 0.872 bits per heavy atom. The van der Waals surface area contributed by atoms with Gasteiger partial charge in [0.15, 0.2) is 0 Å². The summed E-state index contributed by atoms with van der Waals surface area (Å²) in [5.74, 6) is -1.01. The summed E-state index contributed by atoms with van der Waals surface area (Å²) in [4.78, 5) is 35.3. The summed E-state index contributed by atoms with van der Waals surface area (Å²) in [7, 11) is 0. The number of amides is 2. The maximum absolute atomic E-state index is 11.5. The van der Waals surface area contributed by atoms with Crippen LogP contribution in [0.1, 0.15) is 20.8 Å². The molecule has 0 atom stereocenters. The molecule has 13 nitrogen and oxygen atoms in total. The van der Waals surface area contributed by atoms with Gasteiger partial charge >= 0.3 is 5.97 Å². The molecule has 1 rings (SSSR count). The number of carbonyl (C=O) groups is 3.